The number of ether oxygens (including phenoxy) is 1. The number of hydrogen-bond donors (Lipinski definition) is 0. The average molecular weight is 206 g/mol. The van der Waals surface area contributed by atoms with Crippen molar-refractivity contribution in [3.63, 3.8) is 0 Å². The Morgan fingerprint density at radius 3 is 2.62 bits per heavy atom. The SMILES string of the molecule is CCCCCOC1=C2OP(=O)(O1)O2. The van der Waals surface area contributed by atoms with Gasteiger partial charge in [0.25, 0.3) is 0 Å². The van der Waals surface area contributed by atoms with E-state index in [1.165, 1.54) is 0 Å². The van der Waals surface area contributed by atoms with Crippen LogP contribution in [0.2, 0.25) is 0 Å². The molecular weight excluding hydrogens is 195 g/mol. The molecule has 0 saturated carbocycles. The van der Waals surface area contributed by atoms with E-state index in [0.717, 1.165) is 19.3 Å². The van der Waals surface area contributed by atoms with Gasteiger partial charge in [0.2, 0.25) is 0 Å². The predicted octanol–water partition coefficient (Wildman–Crippen LogP) is 2.50. The first-order valence-electron chi connectivity index (χ1n) is 4.29. The number of hydrogen-bond acceptors (Lipinski definition) is 5. The van der Waals surface area contributed by atoms with Crippen LogP contribution >= 0.6 is 7.82 Å². The van der Waals surface area contributed by atoms with E-state index in [-0.39, 0.29) is 11.9 Å². The Labute approximate surface area is 76.2 Å². The molecule has 3 rings (SSSR count). The van der Waals surface area contributed by atoms with Gasteiger partial charge in [-0.15, -0.1) is 0 Å². The summed E-state index contributed by atoms with van der Waals surface area (Å²) in [6.45, 7) is 2.65. The molecule has 0 radical (unpaired) electrons. The van der Waals surface area contributed by atoms with Crippen LogP contribution in [0.15, 0.2) is 11.9 Å². The zero-order valence-corrected chi connectivity index (χ0v) is 8.21. The van der Waals surface area contributed by atoms with Crippen LogP contribution in [-0.2, 0) is 22.9 Å². The van der Waals surface area contributed by atoms with Gasteiger partial charge in [-0.1, -0.05) is 19.8 Å². The molecule has 0 spiro atoms. The van der Waals surface area contributed by atoms with Gasteiger partial charge < -0.3 is 18.3 Å². The lowest BCUT2D eigenvalue weighted by atomic mass is 10.3. The van der Waals surface area contributed by atoms with Gasteiger partial charge in [-0.2, -0.15) is 4.57 Å². The highest BCUT2D eigenvalue weighted by atomic mass is 31.2. The molecule has 0 aromatic heterocycles. The van der Waals surface area contributed by atoms with E-state index in [1.54, 1.807) is 0 Å². The van der Waals surface area contributed by atoms with Gasteiger partial charge in [-0.25, -0.2) is 0 Å². The van der Waals surface area contributed by atoms with E-state index in [0.29, 0.717) is 6.61 Å². The van der Waals surface area contributed by atoms with E-state index < -0.39 is 7.82 Å². The minimum Gasteiger partial charge on any atom is -0.460 e. The maximum atomic E-state index is 11.0. The van der Waals surface area contributed by atoms with E-state index in [1.807, 2.05) is 0 Å². The Morgan fingerprint density at radius 1 is 1.31 bits per heavy atom. The maximum Gasteiger partial charge on any atom is 0.654 e. The maximum absolute atomic E-state index is 11.0. The first-order valence-corrected chi connectivity index (χ1v) is 5.75. The highest BCUT2D eigenvalue weighted by Crippen LogP contribution is 2.70. The van der Waals surface area contributed by atoms with Gasteiger partial charge in [0.05, 0.1) is 6.61 Å². The molecule has 0 atom stereocenters. The lowest BCUT2D eigenvalue weighted by Gasteiger charge is -2.14. The summed E-state index contributed by atoms with van der Waals surface area (Å²) in [6, 6.07) is 0. The Kier molecular flexibility index (Phi) is 2.12. The Bertz CT molecular complexity index is 273. The van der Waals surface area contributed by atoms with Crippen molar-refractivity contribution in [1.82, 2.24) is 0 Å². The molecule has 0 amide bonds. The zero-order chi connectivity index (χ0) is 9.31. The van der Waals surface area contributed by atoms with Crippen molar-refractivity contribution in [1.29, 1.82) is 0 Å². The largest absolute Gasteiger partial charge is 0.654 e. The van der Waals surface area contributed by atoms with E-state index in [4.69, 9.17) is 9.26 Å². The molecule has 13 heavy (non-hydrogen) atoms. The van der Waals surface area contributed by atoms with Crippen molar-refractivity contribution in [2.24, 2.45) is 0 Å². The lowest BCUT2D eigenvalue weighted by Crippen LogP contribution is -2.00. The number of phosphoric ester groups is 1. The second-order valence-corrected chi connectivity index (χ2v) is 4.29. The Hall–Kier alpha value is -0.830. The summed E-state index contributed by atoms with van der Waals surface area (Å²) in [5, 5.41) is 0. The van der Waals surface area contributed by atoms with Crippen LogP contribution in [0.25, 0.3) is 0 Å². The summed E-state index contributed by atoms with van der Waals surface area (Å²) in [6.07, 6.45) is 3.17. The molecule has 6 heteroatoms. The van der Waals surface area contributed by atoms with Gasteiger partial charge in [0, 0.05) is 0 Å². The van der Waals surface area contributed by atoms with Crippen LogP contribution in [-0.4, -0.2) is 6.61 Å². The van der Waals surface area contributed by atoms with Crippen molar-refractivity contribution in [2.75, 3.05) is 6.61 Å². The molecule has 5 nitrogen and oxygen atoms in total. The van der Waals surface area contributed by atoms with Gasteiger partial charge in [-0.05, 0) is 6.42 Å². The number of fused-ring (bicyclic) bond motifs is 1. The minimum atomic E-state index is -3.21. The first kappa shape index (κ1) is 8.75. The number of unbranched alkanes of at least 4 members (excludes halogenated alkanes) is 2. The molecule has 1 fully saturated rings. The van der Waals surface area contributed by atoms with Crippen molar-refractivity contribution in [2.45, 2.75) is 26.2 Å². The van der Waals surface area contributed by atoms with Crippen LogP contribution < -0.4 is 0 Å². The molecule has 3 heterocycles. The van der Waals surface area contributed by atoms with Crippen LogP contribution in [0.4, 0.5) is 0 Å². The van der Waals surface area contributed by atoms with Gasteiger partial charge in [-0.3, -0.25) is 0 Å². The molecule has 0 unspecified atom stereocenters. The molecule has 1 saturated heterocycles. The average Bonchev–Trinajstić information content (AvgIpc) is 2.51. The van der Waals surface area contributed by atoms with Gasteiger partial charge in [0.15, 0.2) is 0 Å². The predicted molar refractivity (Wildman–Crippen MR) is 43.4 cm³/mol. The Balaban J connectivity index is 1.72. The van der Waals surface area contributed by atoms with E-state index in [2.05, 4.69) is 16.0 Å². The van der Waals surface area contributed by atoms with Crippen LogP contribution in [0.3, 0.4) is 0 Å². The molecule has 2 bridgehead atoms. The molecule has 0 aliphatic carbocycles. The van der Waals surface area contributed by atoms with Gasteiger partial charge >= 0.3 is 19.7 Å². The molecule has 74 valence electrons. The fourth-order valence-corrected chi connectivity index (χ4v) is 2.04. The molecule has 0 aromatic carbocycles. The van der Waals surface area contributed by atoms with Crippen LogP contribution in [0.1, 0.15) is 26.2 Å². The summed E-state index contributed by atoms with van der Waals surface area (Å²) in [5.41, 5.74) is 0. The quantitative estimate of drug-likeness (QED) is 0.511. The smallest absolute Gasteiger partial charge is 0.460 e. The van der Waals surface area contributed by atoms with E-state index in [9.17, 15) is 4.57 Å². The van der Waals surface area contributed by atoms with Crippen molar-refractivity contribution in [3.05, 3.63) is 11.9 Å². The van der Waals surface area contributed by atoms with E-state index >= 15 is 0 Å². The third-order valence-electron chi connectivity index (χ3n) is 1.73. The van der Waals surface area contributed by atoms with Crippen LogP contribution in [0.5, 0.6) is 0 Å². The monoisotopic (exact) mass is 206 g/mol. The molecular formula is C7H11O5P. The third kappa shape index (κ3) is 1.61. The standard InChI is InChI=1S/C7H11O5P/c1-2-3-4-5-9-6-7-11-13(8,10-6)12-7/h2-5H2,1H3. The summed E-state index contributed by atoms with van der Waals surface area (Å²) >= 11 is 0. The van der Waals surface area contributed by atoms with Crippen LogP contribution in [0, 0.1) is 0 Å². The minimum absolute atomic E-state index is 0.125. The number of phosphoric acid groups is 1. The summed E-state index contributed by atoms with van der Waals surface area (Å²) < 4.78 is 30.3. The van der Waals surface area contributed by atoms with Crippen molar-refractivity contribution >= 4 is 7.82 Å². The zero-order valence-electron chi connectivity index (χ0n) is 7.32. The van der Waals surface area contributed by atoms with Crippen molar-refractivity contribution in [3.8, 4) is 0 Å². The topological polar surface area (TPSA) is 54.0 Å². The first-order chi connectivity index (χ1) is 6.23. The molecule has 0 aromatic rings. The summed E-state index contributed by atoms with van der Waals surface area (Å²) in [4.78, 5) is 0. The number of rotatable bonds is 5. The highest BCUT2D eigenvalue weighted by molar-refractivity contribution is 7.50. The Morgan fingerprint density at radius 2 is 2.08 bits per heavy atom. The highest BCUT2D eigenvalue weighted by Gasteiger charge is 2.57. The molecule has 3 aliphatic heterocycles. The summed E-state index contributed by atoms with van der Waals surface area (Å²) in [7, 11) is -3.21. The van der Waals surface area contributed by atoms with Gasteiger partial charge in [0.1, 0.15) is 0 Å². The second kappa shape index (κ2) is 3.14. The normalized spacial score (nSPS) is 21.3. The fraction of sp³-hybridized carbons (Fsp3) is 0.714. The van der Waals surface area contributed by atoms with Crippen molar-refractivity contribution < 1.29 is 22.9 Å². The second-order valence-electron chi connectivity index (χ2n) is 2.85. The molecule has 0 N–H and O–H groups in total. The lowest BCUT2D eigenvalue weighted by molar-refractivity contribution is 0.0983. The summed E-state index contributed by atoms with van der Waals surface area (Å²) in [5.74, 6) is 0.263. The fourth-order valence-electron chi connectivity index (χ4n) is 1.06. The third-order valence-corrected chi connectivity index (χ3v) is 2.90. The molecule has 3 aliphatic rings.